The van der Waals surface area contributed by atoms with Crippen LogP contribution in [0.25, 0.3) is 0 Å². The molecular formula is C9H21ClN4O4. The number of carboxylic acids is 1. The van der Waals surface area contributed by atoms with Crippen molar-refractivity contribution in [2.45, 2.75) is 25.0 Å². The third-order valence-corrected chi connectivity index (χ3v) is 1.98. The molecule has 18 heavy (non-hydrogen) atoms. The zero-order valence-electron chi connectivity index (χ0n) is 10.2. The maximum atomic E-state index is 11.4. The van der Waals surface area contributed by atoms with Gasteiger partial charge in [-0.05, 0) is 6.42 Å². The summed E-state index contributed by atoms with van der Waals surface area (Å²) < 4.78 is 0. The van der Waals surface area contributed by atoms with Crippen molar-refractivity contribution in [3.05, 3.63) is 0 Å². The van der Waals surface area contributed by atoms with Crippen molar-refractivity contribution in [1.82, 2.24) is 10.4 Å². The number of aliphatic carboxylic acids is 1. The molecule has 0 aliphatic carbocycles. The molecule has 8 nitrogen and oxygen atoms in total. The summed E-state index contributed by atoms with van der Waals surface area (Å²) >= 11 is 0. The van der Waals surface area contributed by atoms with E-state index in [-0.39, 0.29) is 38.3 Å². The minimum Gasteiger partial charge on any atom is -0.480 e. The van der Waals surface area contributed by atoms with Crippen molar-refractivity contribution >= 4 is 24.3 Å². The lowest BCUT2D eigenvalue weighted by molar-refractivity contribution is -0.139. The number of hydrogen-bond acceptors (Lipinski definition) is 6. The zero-order chi connectivity index (χ0) is 13.4. The molecule has 0 radical (unpaired) electrons. The number of amides is 1. The molecule has 0 aromatic heterocycles. The van der Waals surface area contributed by atoms with Gasteiger partial charge in [0.1, 0.15) is 6.54 Å². The van der Waals surface area contributed by atoms with Gasteiger partial charge in [0.15, 0.2) is 0 Å². The Morgan fingerprint density at radius 2 is 2.00 bits per heavy atom. The lowest BCUT2D eigenvalue weighted by atomic mass is 10.1. The summed E-state index contributed by atoms with van der Waals surface area (Å²) in [6, 6.07) is -0.508. The van der Waals surface area contributed by atoms with Crippen LogP contribution in [0.3, 0.4) is 0 Å². The fourth-order valence-electron chi connectivity index (χ4n) is 1.27. The Labute approximate surface area is 112 Å². The van der Waals surface area contributed by atoms with Crippen molar-refractivity contribution < 1.29 is 19.8 Å². The van der Waals surface area contributed by atoms with E-state index in [2.05, 4.69) is 5.43 Å². The molecule has 2 atom stereocenters. The van der Waals surface area contributed by atoms with E-state index in [0.717, 1.165) is 5.01 Å². The predicted molar refractivity (Wildman–Crippen MR) is 67.9 cm³/mol. The average molecular weight is 285 g/mol. The molecule has 0 aliphatic rings. The first-order chi connectivity index (χ1) is 7.85. The number of carbonyl (C=O) groups is 2. The van der Waals surface area contributed by atoms with Gasteiger partial charge in [-0.25, -0.2) is 5.01 Å². The van der Waals surface area contributed by atoms with Gasteiger partial charge < -0.3 is 21.7 Å². The summed E-state index contributed by atoms with van der Waals surface area (Å²) in [4.78, 5) is 21.7. The number of rotatable bonds is 8. The van der Waals surface area contributed by atoms with Crippen LogP contribution < -0.4 is 16.9 Å². The lowest BCUT2D eigenvalue weighted by Crippen LogP contribution is -2.44. The van der Waals surface area contributed by atoms with Crippen LogP contribution in [0.4, 0.5) is 0 Å². The monoisotopic (exact) mass is 284 g/mol. The van der Waals surface area contributed by atoms with Gasteiger partial charge >= 0.3 is 5.97 Å². The maximum Gasteiger partial charge on any atom is 0.319 e. The second-order valence-corrected chi connectivity index (χ2v) is 3.87. The molecule has 0 aliphatic heterocycles. The maximum absolute atomic E-state index is 11.4. The highest BCUT2D eigenvalue weighted by Crippen LogP contribution is 1.99. The molecule has 0 aromatic carbocycles. The third-order valence-electron chi connectivity index (χ3n) is 1.98. The number of halogens is 1. The Hall–Kier alpha value is -0.930. The minimum atomic E-state index is -1.05. The van der Waals surface area contributed by atoms with E-state index in [1.165, 1.54) is 7.05 Å². The van der Waals surface area contributed by atoms with Crippen molar-refractivity contribution in [3.63, 3.8) is 0 Å². The van der Waals surface area contributed by atoms with E-state index in [9.17, 15) is 14.7 Å². The van der Waals surface area contributed by atoms with Crippen molar-refractivity contribution in [2.24, 2.45) is 11.5 Å². The van der Waals surface area contributed by atoms with Gasteiger partial charge in [0.25, 0.3) is 0 Å². The molecule has 1 amide bonds. The Morgan fingerprint density at radius 3 is 2.44 bits per heavy atom. The van der Waals surface area contributed by atoms with Gasteiger partial charge in [0.2, 0.25) is 5.91 Å². The molecule has 0 unspecified atom stereocenters. The van der Waals surface area contributed by atoms with E-state index >= 15 is 0 Å². The molecule has 7 N–H and O–H groups in total. The zero-order valence-corrected chi connectivity index (χ0v) is 11.0. The first-order valence-electron chi connectivity index (χ1n) is 5.21. The smallest absolute Gasteiger partial charge is 0.319 e. The number of aliphatic hydroxyl groups excluding tert-OH is 1. The second-order valence-electron chi connectivity index (χ2n) is 3.87. The van der Waals surface area contributed by atoms with Crippen molar-refractivity contribution in [3.8, 4) is 0 Å². The summed E-state index contributed by atoms with van der Waals surface area (Å²) in [6.07, 6.45) is -0.498. The highest BCUT2D eigenvalue weighted by molar-refractivity contribution is 5.85. The summed E-state index contributed by atoms with van der Waals surface area (Å²) in [5, 5.41) is 18.8. The third kappa shape index (κ3) is 10.2. The largest absolute Gasteiger partial charge is 0.480 e. The predicted octanol–water partition coefficient (Wildman–Crippen LogP) is -2.12. The molecule has 0 fully saturated rings. The standard InChI is InChI=1S/C9H20N4O4.ClH/c1-13(5-9(16)17)12-8(15)3-6(11)2-7(14)4-10;/h6-7,14H,2-5,10-11H2,1H3,(H,12,15)(H,16,17);1H/t6-,7-;/m1./s1. The van der Waals surface area contributed by atoms with Gasteiger partial charge in [0, 0.05) is 26.1 Å². The number of nitrogens with zero attached hydrogens (tertiary/aromatic N) is 1. The van der Waals surface area contributed by atoms with Gasteiger partial charge in [-0.15, -0.1) is 12.4 Å². The minimum absolute atomic E-state index is 0. The van der Waals surface area contributed by atoms with Crippen LogP contribution in [-0.2, 0) is 9.59 Å². The molecule has 9 heteroatoms. The highest BCUT2D eigenvalue weighted by atomic mass is 35.5. The van der Waals surface area contributed by atoms with Crippen LogP contribution in [0.5, 0.6) is 0 Å². The average Bonchev–Trinajstić information content (AvgIpc) is 2.14. The number of nitrogens with one attached hydrogen (secondary N) is 1. The Morgan fingerprint density at radius 1 is 1.44 bits per heavy atom. The summed E-state index contributed by atoms with van der Waals surface area (Å²) in [6.45, 7) is -0.208. The fourth-order valence-corrected chi connectivity index (χ4v) is 1.27. The number of likely N-dealkylation sites (N-methyl/N-ethyl adjacent to an activating group) is 1. The normalized spacial score (nSPS) is 13.6. The van der Waals surface area contributed by atoms with Gasteiger partial charge in [-0.3, -0.25) is 15.0 Å². The number of aliphatic hydroxyl groups is 1. The number of hydrogen-bond donors (Lipinski definition) is 5. The van der Waals surface area contributed by atoms with Crippen LogP contribution in [0, 0.1) is 0 Å². The quantitative estimate of drug-likeness (QED) is 0.321. The summed E-state index contributed by atoms with van der Waals surface area (Å²) in [5.41, 5.74) is 13.2. The van der Waals surface area contributed by atoms with E-state index in [4.69, 9.17) is 16.6 Å². The van der Waals surface area contributed by atoms with Crippen LogP contribution in [0.2, 0.25) is 0 Å². The fraction of sp³-hybridized carbons (Fsp3) is 0.778. The van der Waals surface area contributed by atoms with Crippen LogP contribution >= 0.6 is 12.4 Å². The number of carboxylic acid groups (broad SMARTS) is 1. The molecule has 0 heterocycles. The number of hydrazine groups is 1. The number of carbonyl (C=O) groups excluding carboxylic acids is 1. The molecule has 0 bridgehead atoms. The number of nitrogens with two attached hydrogens (primary N) is 2. The highest BCUT2D eigenvalue weighted by Gasteiger charge is 2.15. The van der Waals surface area contributed by atoms with E-state index in [1.807, 2.05) is 0 Å². The van der Waals surface area contributed by atoms with E-state index < -0.39 is 24.0 Å². The van der Waals surface area contributed by atoms with Gasteiger partial charge in [-0.1, -0.05) is 0 Å². The lowest BCUT2D eigenvalue weighted by Gasteiger charge is -2.18. The molecule has 0 saturated carbocycles. The van der Waals surface area contributed by atoms with Gasteiger partial charge in [0.05, 0.1) is 6.10 Å². The van der Waals surface area contributed by atoms with Gasteiger partial charge in [-0.2, -0.15) is 0 Å². The molecular weight excluding hydrogens is 264 g/mol. The Bertz CT molecular complexity index is 267. The summed E-state index contributed by atoms with van der Waals surface area (Å²) in [7, 11) is 1.44. The SMILES string of the molecule is CN(CC(=O)O)NC(=O)C[C@H](N)C[C@@H](O)CN.Cl. The van der Waals surface area contributed by atoms with Crippen LogP contribution in [0.1, 0.15) is 12.8 Å². The van der Waals surface area contributed by atoms with Crippen molar-refractivity contribution in [2.75, 3.05) is 20.1 Å². The first-order valence-corrected chi connectivity index (χ1v) is 5.21. The molecule has 0 rings (SSSR count). The first kappa shape index (κ1) is 19.4. The Kier molecular flexibility index (Phi) is 10.8. The van der Waals surface area contributed by atoms with Crippen LogP contribution in [0.15, 0.2) is 0 Å². The van der Waals surface area contributed by atoms with E-state index in [1.54, 1.807) is 0 Å². The molecule has 0 saturated heterocycles. The second kappa shape index (κ2) is 10.0. The molecule has 108 valence electrons. The summed E-state index contributed by atoms with van der Waals surface area (Å²) in [5.74, 6) is -1.44. The topological polar surface area (TPSA) is 142 Å². The molecule has 0 aromatic rings. The van der Waals surface area contributed by atoms with Crippen LogP contribution in [-0.4, -0.2) is 59.4 Å². The Balaban J connectivity index is 0. The van der Waals surface area contributed by atoms with E-state index in [0.29, 0.717) is 0 Å². The van der Waals surface area contributed by atoms with Crippen molar-refractivity contribution in [1.29, 1.82) is 0 Å². The molecule has 0 spiro atoms.